The van der Waals surface area contributed by atoms with Gasteiger partial charge in [0, 0.05) is 21.4 Å². The van der Waals surface area contributed by atoms with Crippen LogP contribution in [0, 0.1) is 13.8 Å². The Morgan fingerprint density at radius 3 is 2.58 bits per heavy atom. The van der Waals surface area contributed by atoms with E-state index in [0.717, 1.165) is 17.1 Å². The number of halogens is 1. The van der Waals surface area contributed by atoms with Crippen LogP contribution in [0.3, 0.4) is 0 Å². The van der Waals surface area contributed by atoms with Crippen molar-refractivity contribution in [3.05, 3.63) is 58.1 Å². The lowest BCUT2D eigenvalue weighted by molar-refractivity contribution is 0.817. The third kappa shape index (κ3) is 3.75. The molecule has 1 nitrogen and oxygen atoms in total. The fourth-order valence-electron chi connectivity index (χ4n) is 1.87. The molecule has 0 spiro atoms. The van der Waals surface area contributed by atoms with Gasteiger partial charge in [-0.05, 0) is 55.8 Å². The minimum atomic E-state index is 0.799. The average molecular weight is 292 g/mol. The van der Waals surface area contributed by atoms with E-state index in [0.29, 0.717) is 0 Å². The molecule has 0 bridgehead atoms. The van der Waals surface area contributed by atoms with Crippen LogP contribution in [0.5, 0.6) is 0 Å². The van der Waals surface area contributed by atoms with Crippen molar-refractivity contribution in [3.63, 3.8) is 0 Å². The van der Waals surface area contributed by atoms with E-state index >= 15 is 0 Å². The van der Waals surface area contributed by atoms with Gasteiger partial charge in [0.25, 0.3) is 0 Å². The van der Waals surface area contributed by atoms with Crippen molar-refractivity contribution in [2.45, 2.75) is 30.2 Å². The molecule has 2 rings (SSSR count). The van der Waals surface area contributed by atoms with Crippen LogP contribution in [0.25, 0.3) is 0 Å². The molecule has 0 radical (unpaired) electrons. The van der Waals surface area contributed by atoms with E-state index in [-0.39, 0.29) is 0 Å². The molecular weight excluding hydrogens is 274 g/mol. The first kappa shape index (κ1) is 14.4. The highest BCUT2D eigenvalue weighted by molar-refractivity contribution is 7.99. The zero-order valence-corrected chi connectivity index (χ0v) is 13.0. The van der Waals surface area contributed by atoms with Gasteiger partial charge in [0.2, 0.25) is 0 Å². The molecule has 2 aromatic carbocycles. The Labute approximate surface area is 124 Å². The Kier molecular flexibility index (Phi) is 4.92. The molecule has 0 amide bonds. The van der Waals surface area contributed by atoms with E-state index in [4.69, 9.17) is 11.6 Å². The lowest BCUT2D eigenvalue weighted by Crippen LogP contribution is -2.05. The maximum absolute atomic E-state index is 6.29. The number of rotatable bonds is 4. The van der Waals surface area contributed by atoms with Crippen LogP contribution in [0.4, 0.5) is 0 Å². The van der Waals surface area contributed by atoms with Gasteiger partial charge >= 0.3 is 0 Å². The Hall–Kier alpha value is -0.960. The van der Waals surface area contributed by atoms with Gasteiger partial charge in [0.05, 0.1) is 0 Å². The lowest BCUT2D eigenvalue weighted by atomic mass is 10.2. The van der Waals surface area contributed by atoms with Crippen LogP contribution in [0.1, 0.15) is 16.7 Å². The standard InChI is InChI=1S/C16H18ClNS/c1-11-4-5-12(2)16(8-11)19-14-7-6-13(10-18-3)15(17)9-14/h4-9,18H,10H2,1-3H3. The van der Waals surface area contributed by atoms with Gasteiger partial charge in [-0.15, -0.1) is 0 Å². The van der Waals surface area contributed by atoms with Gasteiger partial charge in [0.15, 0.2) is 0 Å². The Morgan fingerprint density at radius 2 is 1.89 bits per heavy atom. The molecule has 2 aromatic rings. The van der Waals surface area contributed by atoms with Gasteiger partial charge in [-0.1, -0.05) is 41.6 Å². The van der Waals surface area contributed by atoms with Gasteiger partial charge in [-0.25, -0.2) is 0 Å². The Bertz CT molecular complexity index is 581. The highest BCUT2D eigenvalue weighted by Crippen LogP contribution is 2.33. The van der Waals surface area contributed by atoms with Crippen molar-refractivity contribution in [3.8, 4) is 0 Å². The van der Waals surface area contributed by atoms with Crippen molar-refractivity contribution in [2.24, 2.45) is 0 Å². The number of benzene rings is 2. The smallest absolute Gasteiger partial charge is 0.0462 e. The molecule has 3 heteroatoms. The van der Waals surface area contributed by atoms with Crippen molar-refractivity contribution in [1.29, 1.82) is 0 Å². The summed E-state index contributed by atoms with van der Waals surface area (Å²) >= 11 is 8.06. The third-order valence-corrected chi connectivity index (χ3v) is 4.46. The maximum Gasteiger partial charge on any atom is 0.0462 e. The minimum Gasteiger partial charge on any atom is -0.316 e. The van der Waals surface area contributed by atoms with E-state index in [1.54, 1.807) is 11.8 Å². The van der Waals surface area contributed by atoms with Crippen LogP contribution in [0.15, 0.2) is 46.2 Å². The summed E-state index contributed by atoms with van der Waals surface area (Å²) < 4.78 is 0. The molecule has 0 aliphatic carbocycles. The fraction of sp³-hybridized carbons (Fsp3) is 0.250. The summed E-state index contributed by atoms with van der Waals surface area (Å²) in [6.45, 7) is 5.05. The summed E-state index contributed by atoms with van der Waals surface area (Å²) in [6.07, 6.45) is 0. The highest BCUT2D eigenvalue weighted by atomic mass is 35.5. The number of aryl methyl sites for hydroxylation is 2. The summed E-state index contributed by atoms with van der Waals surface area (Å²) in [6, 6.07) is 12.8. The molecule has 0 saturated heterocycles. The molecule has 0 unspecified atom stereocenters. The molecule has 0 atom stereocenters. The molecule has 0 aliphatic rings. The van der Waals surface area contributed by atoms with Crippen molar-refractivity contribution < 1.29 is 0 Å². The second kappa shape index (κ2) is 6.47. The quantitative estimate of drug-likeness (QED) is 0.866. The third-order valence-electron chi connectivity index (χ3n) is 2.96. The molecule has 0 aromatic heterocycles. The van der Waals surface area contributed by atoms with Gasteiger partial charge in [0.1, 0.15) is 0 Å². The molecular formula is C16H18ClNS. The summed E-state index contributed by atoms with van der Waals surface area (Å²) in [5.74, 6) is 0. The van der Waals surface area contributed by atoms with E-state index in [1.165, 1.54) is 20.9 Å². The SMILES string of the molecule is CNCc1ccc(Sc2cc(C)ccc2C)cc1Cl. The molecule has 0 fully saturated rings. The van der Waals surface area contributed by atoms with E-state index < -0.39 is 0 Å². The molecule has 100 valence electrons. The molecule has 1 N–H and O–H groups in total. The summed E-state index contributed by atoms with van der Waals surface area (Å²) in [5.41, 5.74) is 3.71. The Morgan fingerprint density at radius 1 is 1.11 bits per heavy atom. The second-order valence-electron chi connectivity index (χ2n) is 4.65. The zero-order valence-electron chi connectivity index (χ0n) is 11.5. The van der Waals surface area contributed by atoms with Gasteiger partial charge < -0.3 is 5.32 Å². The minimum absolute atomic E-state index is 0.799. The van der Waals surface area contributed by atoms with Crippen molar-refractivity contribution >= 4 is 23.4 Å². The first-order chi connectivity index (χ1) is 9.10. The van der Waals surface area contributed by atoms with Crippen molar-refractivity contribution in [2.75, 3.05) is 7.05 Å². The van der Waals surface area contributed by atoms with Crippen molar-refractivity contribution in [1.82, 2.24) is 5.32 Å². The second-order valence-corrected chi connectivity index (χ2v) is 6.18. The predicted molar refractivity (Wildman–Crippen MR) is 84.3 cm³/mol. The van der Waals surface area contributed by atoms with Crippen LogP contribution < -0.4 is 5.32 Å². The van der Waals surface area contributed by atoms with E-state index in [1.807, 2.05) is 13.1 Å². The predicted octanol–water partition coefficient (Wildman–Crippen LogP) is 4.83. The monoisotopic (exact) mass is 291 g/mol. The fourth-order valence-corrected chi connectivity index (χ4v) is 3.22. The number of nitrogens with one attached hydrogen (secondary N) is 1. The molecule has 0 heterocycles. The van der Waals surface area contributed by atoms with Gasteiger partial charge in [-0.3, -0.25) is 0 Å². The Balaban J connectivity index is 2.24. The van der Waals surface area contributed by atoms with Crippen LogP contribution in [-0.4, -0.2) is 7.05 Å². The summed E-state index contributed by atoms with van der Waals surface area (Å²) in [4.78, 5) is 2.47. The van der Waals surface area contributed by atoms with Crippen LogP contribution in [-0.2, 0) is 6.54 Å². The lowest BCUT2D eigenvalue weighted by Gasteiger charge is -2.09. The topological polar surface area (TPSA) is 12.0 Å². The first-order valence-corrected chi connectivity index (χ1v) is 7.47. The van der Waals surface area contributed by atoms with Crippen LogP contribution in [0.2, 0.25) is 5.02 Å². The van der Waals surface area contributed by atoms with Crippen LogP contribution >= 0.6 is 23.4 Å². The summed E-state index contributed by atoms with van der Waals surface area (Å²) in [7, 11) is 1.93. The van der Waals surface area contributed by atoms with E-state index in [2.05, 4.69) is 49.5 Å². The average Bonchev–Trinajstić information content (AvgIpc) is 2.37. The molecule has 19 heavy (non-hydrogen) atoms. The highest BCUT2D eigenvalue weighted by Gasteiger charge is 2.05. The maximum atomic E-state index is 6.29. The normalized spacial score (nSPS) is 10.7. The van der Waals surface area contributed by atoms with Gasteiger partial charge in [-0.2, -0.15) is 0 Å². The largest absolute Gasteiger partial charge is 0.316 e. The first-order valence-electron chi connectivity index (χ1n) is 6.28. The molecule has 0 saturated carbocycles. The number of hydrogen-bond donors (Lipinski definition) is 1. The molecule has 0 aliphatic heterocycles. The number of hydrogen-bond acceptors (Lipinski definition) is 2. The van der Waals surface area contributed by atoms with E-state index in [9.17, 15) is 0 Å². The zero-order chi connectivity index (χ0) is 13.8. The summed E-state index contributed by atoms with van der Waals surface area (Å²) in [5, 5.41) is 3.94.